The Bertz CT molecular complexity index is 490. The quantitative estimate of drug-likeness (QED) is 0.791. The first kappa shape index (κ1) is 14.7. The Kier molecular flexibility index (Phi) is 4.49. The molecule has 3 atom stereocenters. The van der Waals surface area contributed by atoms with E-state index < -0.39 is 6.09 Å². The number of nitrogens with one attached hydrogen (secondary N) is 2. The number of rotatable bonds is 1. The van der Waals surface area contributed by atoms with Crippen molar-refractivity contribution < 1.29 is 14.6 Å². The molecule has 0 radical (unpaired) electrons. The van der Waals surface area contributed by atoms with Crippen molar-refractivity contribution in [3.05, 3.63) is 29.3 Å². The number of methoxy groups -OCH3 is 1. The van der Waals surface area contributed by atoms with Gasteiger partial charge in [0.05, 0.1) is 7.11 Å². The topological polar surface area (TPSA) is 73.4 Å². The van der Waals surface area contributed by atoms with Gasteiger partial charge >= 0.3 is 0 Å². The summed E-state index contributed by atoms with van der Waals surface area (Å²) in [6.45, 7) is 4.65. The predicted octanol–water partition coefficient (Wildman–Crippen LogP) is 0.664. The lowest BCUT2D eigenvalue weighted by Gasteiger charge is -2.12. The number of carbonyl (C=O) groups is 1. The average molecular weight is 277 g/mol. The smallest absolute Gasteiger partial charge is 0.133 e. The largest absolute Gasteiger partial charge is 0.530 e. The fourth-order valence-electron chi connectivity index (χ4n) is 3.21. The number of amides is 1. The zero-order valence-electron chi connectivity index (χ0n) is 12.1. The van der Waals surface area contributed by atoms with Crippen molar-refractivity contribution in [3.8, 4) is 5.75 Å². The van der Waals surface area contributed by atoms with Crippen LogP contribution in [0.5, 0.6) is 5.75 Å². The molecule has 1 aromatic carbocycles. The van der Waals surface area contributed by atoms with Gasteiger partial charge in [0, 0.05) is 19.5 Å². The van der Waals surface area contributed by atoms with Crippen molar-refractivity contribution in [3.63, 3.8) is 0 Å². The molecule has 3 unspecified atom stereocenters. The van der Waals surface area contributed by atoms with E-state index in [4.69, 9.17) is 14.6 Å². The van der Waals surface area contributed by atoms with Crippen molar-refractivity contribution in [2.45, 2.75) is 18.8 Å². The maximum absolute atomic E-state index is 9.15. The number of hydrogen-bond donors (Lipinski definition) is 2. The van der Waals surface area contributed by atoms with E-state index in [1.807, 2.05) is 5.32 Å². The number of carbonyl (C=O) groups excluding carboxylic acids is 1. The zero-order chi connectivity index (χ0) is 14.7. The summed E-state index contributed by atoms with van der Waals surface area (Å²) in [4.78, 5) is 9.15. The first-order valence-corrected chi connectivity index (χ1v) is 6.85. The summed E-state index contributed by atoms with van der Waals surface area (Å²) in [5.74, 6) is 3.21. The van der Waals surface area contributed by atoms with Gasteiger partial charge in [0.1, 0.15) is 11.8 Å². The van der Waals surface area contributed by atoms with Gasteiger partial charge < -0.3 is 25.3 Å². The van der Waals surface area contributed by atoms with Gasteiger partial charge in [0.15, 0.2) is 0 Å². The van der Waals surface area contributed by atoms with Crippen LogP contribution >= 0.6 is 0 Å². The Hall–Kier alpha value is -1.75. The van der Waals surface area contributed by atoms with E-state index in [1.165, 1.54) is 24.7 Å². The van der Waals surface area contributed by atoms with Gasteiger partial charge in [0.25, 0.3) is 0 Å². The maximum atomic E-state index is 9.15. The first-order valence-electron chi connectivity index (χ1n) is 6.85. The monoisotopic (exact) mass is 277 g/mol. The van der Waals surface area contributed by atoms with Crippen molar-refractivity contribution in [2.75, 3.05) is 27.2 Å². The number of hydrogen-bond acceptors (Lipinski definition) is 4. The summed E-state index contributed by atoms with van der Waals surface area (Å²) in [5, 5.41) is 14.5. The SMILES string of the molecule is CNC(=O)[O-].COc1ccc2c(c1)C1CNCC1C2C. The third-order valence-electron chi connectivity index (χ3n) is 4.29. The van der Waals surface area contributed by atoms with Crippen molar-refractivity contribution in [1.82, 2.24) is 10.6 Å². The lowest BCUT2D eigenvalue weighted by Crippen LogP contribution is -2.33. The number of carboxylic acid groups (broad SMARTS) is 1. The molecule has 0 saturated carbocycles. The fraction of sp³-hybridized carbons (Fsp3) is 0.533. The number of ether oxygens (including phenoxy) is 1. The number of fused-ring (bicyclic) bond motifs is 3. The summed E-state index contributed by atoms with van der Waals surface area (Å²) in [6, 6.07) is 6.56. The van der Waals surface area contributed by atoms with E-state index in [0.717, 1.165) is 18.2 Å². The van der Waals surface area contributed by atoms with Crippen LogP contribution in [0.25, 0.3) is 0 Å². The molecule has 1 heterocycles. The van der Waals surface area contributed by atoms with Crippen molar-refractivity contribution >= 4 is 6.09 Å². The minimum absolute atomic E-state index is 0.700. The second-order valence-electron chi connectivity index (χ2n) is 5.25. The number of benzene rings is 1. The Morgan fingerprint density at radius 3 is 2.70 bits per heavy atom. The van der Waals surface area contributed by atoms with Crippen LogP contribution in [0.2, 0.25) is 0 Å². The molecule has 2 aliphatic rings. The maximum Gasteiger partial charge on any atom is 0.133 e. The average Bonchev–Trinajstić information content (AvgIpc) is 3.03. The van der Waals surface area contributed by atoms with E-state index in [0.29, 0.717) is 11.8 Å². The Morgan fingerprint density at radius 2 is 2.10 bits per heavy atom. The summed E-state index contributed by atoms with van der Waals surface area (Å²) in [6.07, 6.45) is -1.25. The van der Waals surface area contributed by atoms with Crippen LogP contribution in [-0.4, -0.2) is 33.3 Å². The lowest BCUT2D eigenvalue weighted by atomic mass is 9.91. The van der Waals surface area contributed by atoms with Crippen LogP contribution in [0.4, 0.5) is 4.79 Å². The van der Waals surface area contributed by atoms with Gasteiger partial charge in [-0.2, -0.15) is 0 Å². The highest BCUT2D eigenvalue weighted by Gasteiger charge is 2.40. The van der Waals surface area contributed by atoms with Gasteiger partial charge in [-0.05, 0) is 41.6 Å². The molecule has 0 bridgehead atoms. The molecular formula is C15H21N2O3-. The molecule has 0 spiro atoms. The van der Waals surface area contributed by atoms with Crippen LogP contribution < -0.4 is 20.5 Å². The Morgan fingerprint density at radius 1 is 1.40 bits per heavy atom. The van der Waals surface area contributed by atoms with Gasteiger partial charge in [0.2, 0.25) is 0 Å². The molecule has 1 saturated heterocycles. The molecule has 5 heteroatoms. The zero-order valence-corrected chi connectivity index (χ0v) is 12.1. The van der Waals surface area contributed by atoms with Gasteiger partial charge in [-0.3, -0.25) is 0 Å². The second kappa shape index (κ2) is 6.13. The summed E-state index contributed by atoms with van der Waals surface area (Å²) in [7, 11) is 3.03. The molecule has 110 valence electrons. The highest BCUT2D eigenvalue weighted by molar-refractivity contribution is 5.61. The van der Waals surface area contributed by atoms with E-state index in [-0.39, 0.29) is 0 Å². The lowest BCUT2D eigenvalue weighted by molar-refractivity contribution is -0.250. The molecular weight excluding hydrogens is 256 g/mol. The van der Waals surface area contributed by atoms with Crippen LogP contribution in [0.15, 0.2) is 18.2 Å². The second-order valence-corrected chi connectivity index (χ2v) is 5.25. The molecule has 1 aliphatic carbocycles. The highest BCUT2D eigenvalue weighted by atomic mass is 16.5. The summed E-state index contributed by atoms with van der Waals surface area (Å²) < 4.78 is 5.30. The molecule has 1 aromatic rings. The molecule has 1 aliphatic heterocycles. The molecule has 5 nitrogen and oxygen atoms in total. The fourth-order valence-corrected chi connectivity index (χ4v) is 3.21. The van der Waals surface area contributed by atoms with Crippen LogP contribution in [0.3, 0.4) is 0 Å². The molecule has 1 fully saturated rings. The standard InChI is InChI=1S/C13H17NO.C2H5NO2/c1-8-10-4-3-9(15-2)5-11(10)13-7-14-6-12(8)13;1-3-2(4)5/h3-5,8,12-14H,6-7H2,1-2H3;3H,1H3,(H,4,5)/p-1. The predicted molar refractivity (Wildman–Crippen MR) is 75.0 cm³/mol. The molecule has 0 aromatic heterocycles. The minimum atomic E-state index is -1.25. The van der Waals surface area contributed by atoms with E-state index >= 15 is 0 Å². The van der Waals surface area contributed by atoms with Crippen molar-refractivity contribution in [1.29, 1.82) is 0 Å². The highest BCUT2D eigenvalue weighted by Crippen LogP contribution is 2.48. The van der Waals surface area contributed by atoms with E-state index in [9.17, 15) is 0 Å². The van der Waals surface area contributed by atoms with E-state index in [1.54, 1.807) is 7.11 Å². The minimum Gasteiger partial charge on any atom is -0.530 e. The third kappa shape index (κ3) is 2.72. The van der Waals surface area contributed by atoms with Crippen LogP contribution in [0.1, 0.15) is 29.9 Å². The van der Waals surface area contributed by atoms with Gasteiger partial charge in [-0.1, -0.05) is 13.0 Å². The van der Waals surface area contributed by atoms with Gasteiger partial charge in [-0.15, -0.1) is 0 Å². The van der Waals surface area contributed by atoms with Crippen LogP contribution in [-0.2, 0) is 0 Å². The Balaban J connectivity index is 0.000000257. The van der Waals surface area contributed by atoms with Crippen LogP contribution in [0, 0.1) is 5.92 Å². The summed E-state index contributed by atoms with van der Waals surface area (Å²) in [5.41, 5.74) is 3.05. The molecule has 2 N–H and O–H groups in total. The molecule has 1 amide bonds. The normalized spacial score (nSPS) is 26.1. The van der Waals surface area contributed by atoms with E-state index in [2.05, 4.69) is 30.4 Å². The third-order valence-corrected chi connectivity index (χ3v) is 4.29. The summed E-state index contributed by atoms with van der Waals surface area (Å²) >= 11 is 0. The van der Waals surface area contributed by atoms with Gasteiger partial charge in [-0.25, -0.2) is 0 Å². The van der Waals surface area contributed by atoms with Crippen molar-refractivity contribution in [2.24, 2.45) is 5.92 Å². The molecule has 3 rings (SSSR count). The molecule has 20 heavy (non-hydrogen) atoms. The Labute approximate surface area is 119 Å². The first-order chi connectivity index (χ1) is 9.58.